The molecule has 0 amide bonds. The zero-order valence-corrected chi connectivity index (χ0v) is 22.5. The number of ether oxygens (including phenoxy) is 2. The van der Waals surface area contributed by atoms with Crippen molar-refractivity contribution in [3.8, 4) is 11.5 Å². The second-order valence-corrected chi connectivity index (χ2v) is 9.41. The van der Waals surface area contributed by atoms with Gasteiger partial charge in [0, 0.05) is 30.2 Å². The monoisotopic (exact) mass is 537 g/mol. The molecule has 5 rings (SSSR count). The van der Waals surface area contributed by atoms with E-state index in [1.54, 1.807) is 14.2 Å². The molecule has 11 heteroatoms. The van der Waals surface area contributed by atoms with Crippen LogP contribution in [0.2, 0.25) is 0 Å². The number of aromatic nitrogens is 4. The number of fused-ring (bicyclic) bond motifs is 1. The molecule has 4 N–H and O–H groups in total. The van der Waals surface area contributed by atoms with Crippen molar-refractivity contribution < 1.29 is 9.47 Å². The summed E-state index contributed by atoms with van der Waals surface area (Å²) in [7, 11) is 3.32. The van der Waals surface area contributed by atoms with E-state index in [9.17, 15) is 0 Å². The van der Waals surface area contributed by atoms with E-state index in [0.29, 0.717) is 30.6 Å². The van der Waals surface area contributed by atoms with Gasteiger partial charge in [0.05, 0.1) is 20.4 Å². The fourth-order valence-electron chi connectivity index (χ4n) is 5.31. The zero-order valence-electron chi connectivity index (χ0n) is 20.9. The summed E-state index contributed by atoms with van der Waals surface area (Å²) in [5.74, 6) is 2.95. The first-order valence-corrected chi connectivity index (χ1v) is 12.4. The molecule has 9 nitrogen and oxygen atoms in total. The highest BCUT2D eigenvalue weighted by Crippen LogP contribution is 2.36. The Kier molecular flexibility index (Phi) is 9.87. The standard InChI is InChI=1S/C25H35N7O2.2ClH/c1-33-21-9-5-6-16(22(21)34-2)14-28-25-30-20-15-27-24(29-18-12-10-17(26)11-13-18)31-23(20)32(25)19-7-3-4-8-19;;/h5-6,9,15,17-19H,3-4,7-8,10-14,26H2,1-2H3,(H,28,30)(H,27,29,31);2*1H. The summed E-state index contributed by atoms with van der Waals surface area (Å²) in [5, 5.41) is 7.08. The summed E-state index contributed by atoms with van der Waals surface area (Å²) in [4.78, 5) is 14.4. The second kappa shape index (κ2) is 12.7. The summed E-state index contributed by atoms with van der Waals surface area (Å²) in [6.07, 6.45) is 10.8. The number of nitrogens with one attached hydrogen (secondary N) is 2. The third-order valence-corrected chi connectivity index (χ3v) is 7.15. The Hall–Kier alpha value is -2.49. The highest BCUT2D eigenvalue weighted by molar-refractivity contribution is 5.85. The first kappa shape index (κ1) is 28.1. The number of anilines is 2. The first-order chi connectivity index (χ1) is 16.7. The number of methoxy groups -OCH3 is 2. The number of benzene rings is 1. The molecule has 2 heterocycles. The number of imidazole rings is 1. The number of halogens is 2. The Morgan fingerprint density at radius 3 is 2.44 bits per heavy atom. The van der Waals surface area contributed by atoms with Crippen LogP contribution in [0.15, 0.2) is 24.4 Å². The van der Waals surface area contributed by atoms with Crippen molar-refractivity contribution in [2.75, 3.05) is 24.9 Å². The van der Waals surface area contributed by atoms with Crippen molar-refractivity contribution in [2.24, 2.45) is 5.73 Å². The largest absolute Gasteiger partial charge is 0.493 e. The van der Waals surface area contributed by atoms with Crippen LogP contribution in [0.25, 0.3) is 11.2 Å². The fourth-order valence-corrected chi connectivity index (χ4v) is 5.31. The number of rotatable bonds is 8. The predicted octanol–water partition coefficient (Wildman–Crippen LogP) is 5.10. The Morgan fingerprint density at radius 2 is 1.75 bits per heavy atom. The summed E-state index contributed by atoms with van der Waals surface area (Å²) in [5.41, 5.74) is 8.77. The van der Waals surface area contributed by atoms with Gasteiger partial charge in [-0.2, -0.15) is 4.98 Å². The minimum Gasteiger partial charge on any atom is -0.493 e. The lowest BCUT2D eigenvalue weighted by Gasteiger charge is -2.26. The van der Waals surface area contributed by atoms with E-state index in [2.05, 4.69) is 20.2 Å². The number of para-hydroxylation sites is 1. The predicted molar refractivity (Wildman–Crippen MR) is 148 cm³/mol. The molecule has 2 aromatic heterocycles. The molecule has 2 saturated carbocycles. The summed E-state index contributed by atoms with van der Waals surface area (Å²) in [6, 6.07) is 6.99. The number of nitrogens with zero attached hydrogens (tertiary/aromatic N) is 4. The Labute approximate surface area is 224 Å². The van der Waals surface area contributed by atoms with E-state index in [1.165, 1.54) is 12.8 Å². The van der Waals surface area contributed by atoms with Gasteiger partial charge < -0.3 is 25.8 Å². The van der Waals surface area contributed by atoms with Crippen molar-refractivity contribution in [1.29, 1.82) is 0 Å². The van der Waals surface area contributed by atoms with Crippen molar-refractivity contribution in [3.63, 3.8) is 0 Å². The molecule has 0 saturated heterocycles. The van der Waals surface area contributed by atoms with Gasteiger partial charge in [0.1, 0.15) is 5.52 Å². The Morgan fingerprint density at radius 1 is 1.00 bits per heavy atom. The van der Waals surface area contributed by atoms with E-state index in [0.717, 1.165) is 72.7 Å². The smallest absolute Gasteiger partial charge is 0.224 e. The third kappa shape index (κ3) is 5.90. The van der Waals surface area contributed by atoms with Crippen LogP contribution >= 0.6 is 24.8 Å². The molecule has 0 unspecified atom stereocenters. The molecule has 0 atom stereocenters. The van der Waals surface area contributed by atoms with Crippen LogP contribution in [0.1, 0.15) is 63.0 Å². The molecular weight excluding hydrogens is 501 g/mol. The van der Waals surface area contributed by atoms with Gasteiger partial charge in [0.2, 0.25) is 11.9 Å². The first-order valence-electron chi connectivity index (χ1n) is 12.4. The van der Waals surface area contributed by atoms with Gasteiger partial charge >= 0.3 is 0 Å². The molecule has 198 valence electrons. The summed E-state index contributed by atoms with van der Waals surface area (Å²) in [6.45, 7) is 0.567. The number of nitrogens with two attached hydrogens (primary N) is 1. The van der Waals surface area contributed by atoms with Crippen LogP contribution in [-0.4, -0.2) is 45.8 Å². The number of hydrogen-bond donors (Lipinski definition) is 3. The van der Waals surface area contributed by atoms with E-state index >= 15 is 0 Å². The molecule has 0 bridgehead atoms. The highest BCUT2D eigenvalue weighted by Gasteiger charge is 2.25. The van der Waals surface area contributed by atoms with Crippen LogP contribution in [0.5, 0.6) is 11.5 Å². The molecule has 2 fully saturated rings. The molecule has 36 heavy (non-hydrogen) atoms. The number of hydrogen-bond acceptors (Lipinski definition) is 8. The van der Waals surface area contributed by atoms with Gasteiger partial charge in [-0.3, -0.25) is 4.57 Å². The SMILES string of the molecule is COc1cccc(CNc2nc3cnc(NC4CCC(N)CC4)nc3n2C2CCCC2)c1OC.Cl.Cl. The molecule has 0 radical (unpaired) electrons. The average molecular weight is 539 g/mol. The fraction of sp³-hybridized carbons (Fsp3) is 0.560. The van der Waals surface area contributed by atoms with Gasteiger partial charge in [-0.25, -0.2) is 9.97 Å². The van der Waals surface area contributed by atoms with E-state index in [4.69, 9.17) is 25.2 Å². The summed E-state index contributed by atoms with van der Waals surface area (Å²) >= 11 is 0. The summed E-state index contributed by atoms with van der Waals surface area (Å²) < 4.78 is 13.3. The van der Waals surface area contributed by atoms with Crippen molar-refractivity contribution in [3.05, 3.63) is 30.0 Å². The minimum absolute atomic E-state index is 0. The van der Waals surface area contributed by atoms with Gasteiger partial charge in [-0.1, -0.05) is 25.0 Å². The second-order valence-electron chi connectivity index (χ2n) is 9.41. The minimum atomic E-state index is 0. The van der Waals surface area contributed by atoms with Crippen LogP contribution in [0, 0.1) is 0 Å². The van der Waals surface area contributed by atoms with Crippen molar-refractivity contribution in [1.82, 2.24) is 19.5 Å². The van der Waals surface area contributed by atoms with Crippen LogP contribution in [0.4, 0.5) is 11.9 Å². The Balaban J connectivity index is 0.00000180. The lowest BCUT2D eigenvalue weighted by atomic mass is 9.92. The molecule has 2 aliphatic rings. The van der Waals surface area contributed by atoms with Gasteiger partial charge in [-0.15, -0.1) is 24.8 Å². The van der Waals surface area contributed by atoms with Gasteiger partial charge in [0.15, 0.2) is 17.1 Å². The van der Waals surface area contributed by atoms with Crippen molar-refractivity contribution in [2.45, 2.75) is 76.0 Å². The van der Waals surface area contributed by atoms with E-state index in [1.807, 2.05) is 24.4 Å². The van der Waals surface area contributed by atoms with Crippen LogP contribution in [-0.2, 0) is 6.54 Å². The molecule has 3 aromatic rings. The molecular formula is C25H37Cl2N7O2. The van der Waals surface area contributed by atoms with E-state index < -0.39 is 0 Å². The van der Waals surface area contributed by atoms with Gasteiger partial charge in [0.25, 0.3) is 0 Å². The Bertz CT molecular complexity index is 1130. The topological polar surface area (TPSA) is 112 Å². The molecule has 1 aromatic carbocycles. The quantitative estimate of drug-likeness (QED) is 0.364. The van der Waals surface area contributed by atoms with E-state index in [-0.39, 0.29) is 24.8 Å². The lowest BCUT2D eigenvalue weighted by Crippen LogP contribution is -2.33. The van der Waals surface area contributed by atoms with Gasteiger partial charge in [-0.05, 0) is 44.6 Å². The highest BCUT2D eigenvalue weighted by atomic mass is 35.5. The molecule has 2 aliphatic carbocycles. The maximum absolute atomic E-state index is 6.07. The molecule has 0 aliphatic heterocycles. The molecule has 0 spiro atoms. The van der Waals surface area contributed by atoms with Crippen molar-refractivity contribution >= 4 is 47.9 Å². The zero-order chi connectivity index (χ0) is 23.5. The third-order valence-electron chi connectivity index (χ3n) is 7.15. The van der Waals surface area contributed by atoms with Crippen LogP contribution in [0.3, 0.4) is 0 Å². The normalized spacial score (nSPS) is 19.9. The average Bonchev–Trinajstić information content (AvgIpc) is 3.51. The van der Waals surface area contributed by atoms with Crippen LogP contribution < -0.4 is 25.8 Å². The maximum atomic E-state index is 6.07. The maximum Gasteiger partial charge on any atom is 0.224 e. The lowest BCUT2D eigenvalue weighted by molar-refractivity contribution is 0.352.